The molecule has 0 saturated heterocycles. The van der Waals surface area contributed by atoms with E-state index in [0.717, 1.165) is 4.47 Å². The van der Waals surface area contributed by atoms with Crippen LogP contribution in [0.25, 0.3) is 11.3 Å². The molecule has 0 aliphatic heterocycles. The number of rotatable bonds is 1. The molecule has 72 valence electrons. The van der Waals surface area contributed by atoms with E-state index in [2.05, 4.69) is 26.1 Å². The molecular formula is C8H5BrClN3O. The molecule has 0 radical (unpaired) electrons. The second-order valence-electron chi connectivity index (χ2n) is 2.61. The van der Waals surface area contributed by atoms with Crippen LogP contribution in [0.3, 0.4) is 0 Å². The van der Waals surface area contributed by atoms with Crippen LogP contribution in [-0.2, 0) is 0 Å². The fourth-order valence-corrected chi connectivity index (χ4v) is 1.55. The number of hydrogen-bond donors (Lipinski definition) is 1. The summed E-state index contributed by atoms with van der Waals surface area (Å²) in [5, 5.41) is 4.11. The lowest BCUT2D eigenvalue weighted by Crippen LogP contribution is -1.83. The van der Waals surface area contributed by atoms with Crippen LogP contribution in [0.1, 0.15) is 0 Å². The molecule has 0 unspecified atom stereocenters. The van der Waals surface area contributed by atoms with Gasteiger partial charge in [-0.2, -0.15) is 0 Å². The van der Waals surface area contributed by atoms with Gasteiger partial charge in [0.2, 0.25) is 5.88 Å². The lowest BCUT2D eigenvalue weighted by Gasteiger charge is -1.98. The third-order valence-corrected chi connectivity index (χ3v) is 2.34. The van der Waals surface area contributed by atoms with Crippen LogP contribution in [0.5, 0.6) is 0 Å². The smallest absolute Gasteiger partial charge is 0.222 e. The van der Waals surface area contributed by atoms with E-state index in [-0.39, 0.29) is 5.88 Å². The molecular weight excluding hydrogens is 269 g/mol. The SMILES string of the molecule is Nc1cc(-c2cc(Br)cnc2Cl)no1. The van der Waals surface area contributed by atoms with E-state index in [9.17, 15) is 0 Å². The highest BCUT2D eigenvalue weighted by Crippen LogP contribution is 2.28. The van der Waals surface area contributed by atoms with Crippen LogP contribution in [0.15, 0.2) is 27.3 Å². The number of anilines is 1. The van der Waals surface area contributed by atoms with E-state index in [4.69, 9.17) is 21.9 Å². The van der Waals surface area contributed by atoms with E-state index in [1.54, 1.807) is 18.3 Å². The molecule has 0 atom stereocenters. The highest BCUT2D eigenvalue weighted by molar-refractivity contribution is 9.10. The molecule has 0 bridgehead atoms. The highest BCUT2D eigenvalue weighted by atomic mass is 79.9. The Morgan fingerprint density at radius 1 is 1.43 bits per heavy atom. The van der Waals surface area contributed by atoms with Crippen molar-refractivity contribution in [1.82, 2.24) is 10.1 Å². The topological polar surface area (TPSA) is 64.9 Å². The first kappa shape index (κ1) is 9.48. The van der Waals surface area contributed by atoms with Gasteiger partial charge in [-0.25, -0.2) is 4.98 Å². The Labute approximate surface area is 93.2 Å². The molecule has 2 heterocycles. The van der Waals surface area contributed by atoms with Gasteiger partial charge in [0.1, 0.15) is 10.8 Å². The van der Waals surface area contributed by atoms with Crippen molar-refractivity contribution in [2.24, 2.45) is 0 Å². The van der Waals surface area contributed by atoms with E-state index < -0.39 is 0 Å². The third kappa shape index (κ3) is 1.73. The summed E-state index contributed by atoms with van der Waals surface area (Å²) in [6, 6.07) is 3.39. The average molecular weight is 275 g/mol. The van der Waals surface area contributed by atoms with Gasteiger partial charge in [0, 0.05) is 22.3 Å². The maximum absolute atomic E-state index is 5.89. The molecule has 0 fully saturated rings. The largest absolute Gasteiger partial charge is 0.368 e. The van der Waals surface area contributed by atoms with Crippen molar-refractivity contribution in [3.05, 3.63) is 28.0 Å². The van der Waals surface area contributed by atoms with Crippen LogP contribution in [-0.4, -0.2) is 10.1 Å². The summed E-state index contributed by atoms with van der Waals surface area (Å²) in [6.45, 7) is 0. The van der Waals surface area contributed by atoms with E-state index in [1.807, 2.05) is 0 Å². The van der Waals surface area contributed by atoms with Gasteiger partial charge in [-0.15, -0.1) is 0 Å². The average Bonchev–Trinajstić information content (AvgIpc) is 2.56. The minimum Gasteiger partial charge on any atom is -0.368 e. The fraction of sp³-hybridized carbons (Fsp3) is 0. The Morgan fingerprint density at radius 2 is 2.21 bits per heavy atom. The van der Waals surface area contributed by atoms with E-state index >= 15 is 0 Å². The summed E-state index contributed by atoms with van der Waals surface area (Å²) in [7, 11) is 0. The van der Waals surface area contributed by atoms with Gasteiger partial charge in [-0.05, 0) is 22.0 Å². The van der Waals surface area contributed by atoms with Crippen LogP contribution in [0.2, 0.25) is 5.15 Å². The Hall–Kier alpha value is -1.07. The number of pyridine rings is 1. The normalized spacial score (nSPS) is 10.4. The first-order chi connectivity index (χ1) is 6.66. The van der Waals surface area contributed by atoms with Gasteiger partial charge in [0.15, 0.2) is 0 Å². The Bertz CT molecular complexity index is 471. The number of nitrogens with zero attached hydrogens (tertiary/aromatic N) is 2. The summed E-state index contributed by atoms with van der Waals surface area (Å²) in [4.78, 5) is 3.96. The highest BCUT2D eigenvalue weighted by Gasteiger charge is 2.09. The summed E-state index contributed by atoms with van der Waals surface area (Å²) in [6.07, 6.45) is 1.61. The zero-order valence-corrected chi connectivity index (χ0v) is 9.21. The van der Waals surface area contributed by atoms with Gasteiger partial charge in [0.25, 0.3) is 0 Å². The van der Waals surface area contributed by atoms with Crippen LogP contribution < -0.4 is 5.73 Å². The zero-order valence-electron chi connectivity index (χ0n) is 6.87. The van der Waals surface area contributed by atoms with Gasteiger partial charge in [-0.3, -0.25) is 0 Å². The van der Waals surface area contributed by atoms with Gasteiger partial charge < -0.3 is 10.3 Å². The molecule has 2 aromatic heterocycles. The standard InChI is InChI=1S/C8H5BrClN3O/c9-4-1-5(8(10)12-3-4)6-2-7(11)14-13-6/h1-3H,11H2. The van der Waals surface area contributed by atoms with Crippen molar-refractivity contribution in [2.75, 3.05) is 5.73 Å². The summed E-state index contributed by atoms with van der Waals surface area (Å²) in [5.74, 6) is 0.246. The third-order valence-electron chi connectivity index (χ3n) is 1.61. The lowest BCUT2D eigenvalue weighted by atomic mass is 10.2. The molecule has 0 aliphatic carbocycles. The van der Waals surface area contributed by atoms with E-state index in [0.29, 0.717) is 16.4 Å². The quantitative estimate of drug-likeness (QED) is 0.812. The lowest BCUT2D eigenvalue weighted by molar-refractivity contribution is 0.439. The molecule has 2 N–H and O–H groups in total. The predicted molar refractivity (Wildman–Crippen MR) is 56.9 cm³/mol. The molecule has 6 heteroatoms. The summed E-state index contributed by atoms with van der Waals surface area (Å²) in [5.41, 5.74) is 6.65. The molecule has 0 amide bonds. The Kier molecular flexibility index (Phi) is 2.43. The monoisotopic (exact) mass is 273 g/mol. The predicted octanol–water partition coefficient (Wildman–Crippen LogP) is 2.73. The maximum atomic E-state index is 5.89. The van der Waals surface area contributed by atoms with Crippen molar-refractivity contribution < 1.29 is 4.52 Å². The first-order valence-electron chi connectivity index (χ1n) is 3.70. The number of nitrogens with two attached hydrogens (primary N) is 1. The van der Waals surface area contributed by atoms with E-state index in [1.165, 1.54) is 0 Å². The first-order valence-corrected chi connectivity index (χ1v) is 4.87. The van der Waals surface area contributed by atoms with Gasteiger partial charge in [0.05, 0.1) is 0 Å². The maximum Gasteiger partial charge on any atom is 0.222 e. The Balaban J connectivity index is 2.55. The van der Waals surface area contributed by atoms with Crippen molar-refractivity contribution >= 4 is 33.4 Å². The summed E-state index contributed by atoms with van der Waals surface area (Å²) < 4.78 is 5.56. The molecule has 0 saturated carbocycles. The van der Waals surface area contributed by atoms with Crippen molar-refractivity contribution in [3.8, 4) is 11.3 Å². The van der Waals surface area contributed by atoms with Crippen molar-refractivity contribution in [1.29, 1.82) is 0 Å². The number of halogens is 2. The van der Waals surface area contributed by atoms with Crippen molar-refractivity contribution in [2.45, 2.75) is 0 Å². The summed E-state index contributed by atoms with van der Waals surface area (Å²) >= 11 is 9.18. The minimum absolute atomic E-state index is 0.246. The minimum atomic E-state index is 0.246. The van der Waals surface area contributed by atoms with Crippen molar-refractivity contribution in [3.63, 3.8) is 0 Å². The van der Waals surface area contributed by atoms with Gasteiger partial charge >= 0.3 is 0 Å². The number of nitrogen functional groups attached to an aromatic ring is 1. The molecule has 0 aromatic carbocycles. The molecule has 2 rings (SSSR count). The van der Waals surface area contributed by atoms with Gasteiger partial charge in [-0.1, -0.05) is 16.8 Å². The number of aromatic nitrogens is 2. The van der Waals surface area contributed by atoms with Crippen LogP contribution >= 0.6 is 27.5 Å². The molecule has 2 aromatic rings. The number of hydrogen-bond acceptors (Lipinski definition) is 4. The zero-order chi connectivity index (χ0) is 10.1. The second-order valence-corrected chi connectivity index (χ2v) is 3.88. The Morgan fingerprint density at radius 3 is 2.86 bits per heavy atom. The second kappa shape index (κ2) is 3.59. The van der Waals surface area contributed by atoms with Crippen LogP contribution in [0, 0.1) is 0 Å². The van der Waals surface area contributed by atoms with Crippen LogP contribution in [0.4, 0.5) is 5.88 Å². The molecule has 0 aliphatic rings. The fourth-order valence-electron chi connectivity index (χ4n) is 1.02. The molecule has 14 heavy (non-hydrogen) atoms. The molecule has 0 spiro atoms. The molecule has 4 nitrogen and oxygen atoms in total.